The maximum atomic E-state index is 13.6. The Morgan fingerprint density at radius 2 is 1.15 bits per heavy atom. The van der Waals surface area contributed by atoms with Crippen molar-refractivity contribution in [2.45, 2.75) is 76.9 Å². The van der Waals surface area contributed by atoms with E-state index >= 15 is 0 Å². The number of ether oxygens (including phenoxy) is 6. The van der Waals surface area contributed by atoms with Crippen LogP contribution in [0.15, 0.2) is 104 Å². The third kappa shape index (κ3) is 9.35. The van der Waals surface area contributed by atoms with Gasteiger partial charge in [-0.15, -0.1) is 6.58 Å². The van der Waals surface area contributed by atoms with E-state index in [0.29, 0.717) is 0 Å². The van der Waals surface area contributed by atoms with Crippen LogP contribution in [0.4, 0.5) is 0 Å². The summed E-state index contributed by atoms with van der Waals surface area (Å²) in [6, 6.07) is 29.4. The summed E-state index contributed by atoms with van der Waals surface area (Å²) in [5, 5.41) is 0. The monoisotopic (exact) mass is 560 g/mol. The normalized spacial score (nSPS) is 22.7. The second kappa shape index (κ2) is 15.1. The molecule has 0 aromatic heterocycles. The largest absolute Gasteiger partial charge is 0.458 e. The van der Waals surface area contributed by atoms with Gasteiger partial charge in [-0.1, -0.05) is 97.1 Å². The Morgan fingerprint density at radius 3 is 1.59 bits per heavy atom. The van der Waals surface area contributed by atoms with Gasteiger partial charge >= 0.3 is 5.97 Å². The molecule has 7 heteroatoms. The zero-order valence-corrected chi connectivity index (χ0v) is 24.0. The Bertz CT molecular complexity index is 1190. The third-order valence-corrected chi connectivity index (χ3v) is 6.37. The van der Waals surface area contributed by atoms with Crippen LogP contribution in [-0.4, -0.2) is 48.9 Å². The highest BCUT2D eigenvalue weighted by Gasteiger charge is 2.52. The van der Waals surface area contributed by atoms with Crippen molar-refractivity contribution in [3.05, 3.63) is 120 Å². The molecule has 0 radical (unpaired) electrons. The van der Waals surface area contributed by atoms with E-state index in [2.05, 4.69) is 6.58 Å². The first kappa shape index (κ1) is 30.6. The molecular formula is C34H40O7. The summed E-state index contributed by atoms with van der Waals surface area (Å²) in [5.41, 5.74) is 2.17. The third-order valence-electron chi connectivity index (χ3n) is 6.37. The van der Waals surface area contributed by atoms with E-state index in [1.54, 1.807) is 6.08 Å². The lowest BCUT2D eigenvalue weighted by atomic mass is 9.97. The van der Waals surface area contributed by atoms with Crippen LogP contribution in [0, 0.1) is 0 Å². The van der Waals surface area contributed by atoms with E-state index in [1.807, 2.05) is 112 Å². The fraction of sp³-hybridized carbons (Fsp3) is 0.382. The van der Waals surface area contributed by atoms with Gasteiger partial charge < -0.3 is 28.4 Å². The lowest BCUT2D eigenvalue weighted by molar-refractivity contribution is -0.319. The van der Waals surface area contributed by atoms with Crippen LogP contribution < -0.4 is 0 Å². The zero-order valence-electron chi connectivity index (χ0n) is 24.0. The van der Waals surface area contributed by atoms with E-state index in [9.17, 15) is 4.79 Å². The summed E-state index contributed by atoms with van der Waals surface area (Å²) in [7, 11) is 0. The molecule has 0 N–H and O–H groups in total. The molecule has 0 bridgehead atoms. The van der Waals surface area contributed by atoms with Crippen molar-refractivity contribution in [3.8, 4) is 0 Å². The van der Waals surface area contributed by atoms with Crippen molar-refractivity contribution in [1.82, 2.24) is 0 Å². The molecule has 1 aliphatic rings. The average Bonchev–Trinajstić information content (AvgIpc) is 2.97. The van der Waals surface area contributed by atoms with Crippen molar-refractivity contribution in [3.63, 3.8) is 0 Å². The van der Waals surface area contributed by atoms with Crippen LogP contribution >= 0.6 is 0 Å². The minimum Gasteiger partial charge on any atom is -0.458 e. The Hall–Kier alpha value is -3.33. The van der Waals surface area contributed by atoms with Crippen LogP contribution in [0.3, 0.4) is 0 Å². The summed E-state index contributed by atoms with van der Waals surface area (Å²) in [6.07, 6.45) is -2.74. The molecule has 3 aromatic rings. The van der Waals surface area contributed by atoms with Crippen molar-refractivity contribution < 1.29 is 33.2 Å². The molecule has 218 valence electrons. The Kier molecular flexibility index (Phi) is 11.2. The van der Waals surface area contributed by atoms with Gasteiger partial charge in [0.15, 0.2) is 12.4 Å². The molecule has 1 aliphatic heterocycles. The summed E-state index contributed by atoms with van der Waals surface area (Å²) < 4.78 is 37.6. The van der Waals surface area contributed by atoms with Crippen LogP contribution in [0.2, 0.25) is 0 Å². The van der Waals surface area contributed by atoms with E-state index < -0.39 is 42.3 Å². The van der Waals surface area contributed by atoms with E-state index in [1.165, 1.54) is 0 Å². The second-order valence-corrected chi connectivity index (χ2v) is 10.9. The van der Waals surface area contributed by atoms with Crippen molar-refractivity contribution in [2.75, 3.05) is 6.61 Å². The molecule has 0 amide bonds. The molecule has 7 nitrogen and oxygen atoms in total. The first-order valence-corrected chi connectivity index (χ1v) is 13.9. The Balaban J connectivity index is 1.68. The van der Waals surface area contributed by atoms with Gasteiger partial charge in [-0.05, 0) is 37.5 Å². The van der Waals surface area contributed by atoms with Gasteiger partial charge in [0, 0.05) is 0 Å². The Morgan fingerprint density at radius 1 is 0.707 bits per heavy atom. The van der Waals surface area contributed by atoms with Crippen LogP contribution in [0.5, 0.6) is 0 Å². The van der Waals surface area contributed by atoms with Crippen LogP contribution in [-0.2, 0) is 53.0 Å². The first-order chi connectivity index (χ1) is 19.8. The molecule has 4 rings (SSSR count). The summed E-state index contributed by atoms with van der Waals surface area (Å²) in [6.45, 7) is 10.2. The number of esters is 1. The van der Waals surface area contributed by atoms with Gasteiger partial charge in [-0.3, -0.25) is 0 Å². The topological polar surface area (TPSA) is 72.5 Å². The lowest BCUT2D eigenvalue weighted by Crippen LogP contribution is -2.63. The molecule has 0 spiro atoms. The maximum absolute atomic E-state index is 13.6. The molecule has 3 aromatic carbocycles. The molecule has 5 atom stereocenters. The van der Waals surface area contributed by atoms with Crippen molar-refractivity contribution >= 4 is 5.97 Å². The van der Waals surface area contributed by atoms with Crippen molar-refractivity contribution in [2.24, 2.45) is 0 Å². The van der Waals surface area contributed by atoms with Crippen LogP contribution in [0.1, 0.15) is 37.5 Å². The molecule has 0 unspecified atom stereocenters. The molecule has 0 saturated carbocycles. The van der Waals surface area contributed by atoms with E-state index in [4.69, 9.17) is 28.4 Å². The molecule has 0 aliphatic carbocycles. The van der Waals surface area contributed by atoms with Gasteiger partial charge in [-0.25, -0.2) is 4.79 Å². The fourth-order valence-electron chi connectivity index (χ4n) is 4.51. The predicted octanol–water partition coefficient (Wildman–Crippen LogP) is 6.01. The van der Waals surface area contributed by atoms with Gasteiger partial charge in [0.2, 0.25) is 0 Å². The van der Waals surface area contributed by atoms with Gasteiger partial charge in [0.25, 0.3) is 0 Å². The van der Waals surface area contributed by atoms with Crippen LogP contribution in [0.25, 0.3) is 0 Å². The van der Waals surface area contributed by atoms with E-state index in [0.717, 1.165) is 16.7 Å². The van der Waals surface area contributed by atoms with Crippen molar-refractivity contribution in [1.29, 1.82) is 0 Å². The highest BCUT2D eigenvalue weighted by molar-refractivity contribution is 5.76. The smallest absolute Gasteiger partial charge is 0.338 e. The number of carbonyl (C=O) groups excluding carboxylic acids is 1. The number of benzene rings is 3. The number of carbonyl (C=O) groups is 1. The van der Waals surface area contributed by atoms with Gasteiger partial charge in [0.05, 0.1) is 26.4 Å². The highest BCUT2D eigenvalue weighted by atomic mass is 16.7. The van der Waals surface area contributed by atoms with Gasteiger partial charge in [0.1, 0.15) is 23.9 Å². The minimum atomic E-state index is -1.12. The summed E-state index contributed by atoms with van der Waals surface area (Å²) in [5.74, 6) is -0.558. The lowest BCUT2D eigenvalue weighted by Gasteiger charge is -2.45. The molecule has 1 heterocycles. The Labute approximate surface area is 243 Å². The minimum absolute atomic E-state index is 0.192. The van der Waals surface area contributed by atoms with Gasteiger partial charge in [-0.2, -0.15) is 0 Å². The highest BCUT2D eigenvalue weighted by Crippen LogP contribution is 2.32. The molecule has 41 heavy (non-hydrogen) atoms. The fourth-order valence-corrected chi connectivity index (χ4v) is 4.51. The van der Waals surface area contributed by atoms with E-state index in [-0.39, 0.29) is 26.4 Å². The summed E-state index contributed by atoms with van der Waals surface area (Å²) in [4.78, 5) is 13.6. The quantitative estimate of drug-likeness (QED) is 0.187. The second-order valence-electron chi connectivity index (χ2n) is 10.9. The molecule has 1 fully saturated rings. The summed E-state index contributed by atoms with van der Waals surface area (Å²) >= 11 is 0. The average molecular weight is 561 g/mol. The molecular weight excluding hydrogens is 520 g/mol. The predicted molar refractivity (Wildman–Crippen MR) is 156 cm³/mol. The SMILES string of the molecule is C=CCO[C@H]1O[C@H](C(=O)OC(C)(C)C)[C@@H](OCc2ccccc2)[C@H](OCc2ccccc2)[C@H]1OCc1ccccc1. The number of hydrogen-bond donors (Lipinski definition) is 0. The maximum Gasteiger partial charge on any atom is 0.338 e. The number of hydrogen-bond acceptors (Lipinski definition) is 7. The molecule has 1 saturated heterocycles. The zero-order chi connectivity index (χ0) is 29.1. The first-order valence-electron chi connectivity index (χ1n) is 13.9. The standard InChI is InChI=1S/C34H40O7/c1-5-21-36-33-31(39-24-27-19-13-8-14-20-27)29(38-23-26-17-11-7-12-18-26)28(37-22-25-15-9-6-10-16-25)30(40-33)32(35)41-34(2,3)4/h5-20,28-31,33H,1,21-24H2,2-4H3/t28-,29-,30-,31+,33-/m0/s1. The number of rotatable bonds is 13.